The molecule has 2 aromatic rings. The zero-order chi connectivity index (χ0) is 19.8. The third-order valence-electron chi connectivity index (χ3n) is 4.66. The summed E-state index contributed by atoms with van der Waals surface area (Å²) in [5.74, 6) is 1.38. The van der Waals surface area contributed by atoms with Crippen LogP contribution in [0.5, 0.6) is 0 Å². The number of carbonyl (C=O) groups excluding carboxylic acids is 1. The van der Waals surface area contributed by atoms with Crippen LogP contribution in [0, 0.1) is 12.3 Å². The van der Waals surface area contributed by atoms with Gasteiger partial charge in [0, 0.05) is 18.5 Å². The Kier molecular flexibility index (Phi) is 5.18. The predicted octanol–water partition coefficient (Wildman–Crippen LogP) is 3.00. The van der Waals surface area contributed by atoms with Crippen molar-refractivity contribution in [3.63, 3.8) is 0 Å². The highest BCUT2D eigenvalue weighted by molar-refractivity contribution is 7.89. The zero-order valence-electron chi connectivity index (χ0n) is 16.2. The number of nitrogens with zero attached hydrogens (tertiary/aromatic N) is 1. The van der Waals surface area contributed by atoms with Crippen LogP contribution in [0.1, 0.15) is 43.4 Å². The topological polar surface area (TPSA) is 79.6 Å². The molecule has 1 aliphatic heterocycles. The second kappa shape index (κ2) is 7.13. The highest BCUT2D eigenvalue weighted by Crippen LogP contribution is 2.26. The molecule has 2 heterocycles. The number of carbonyl (C=O) groups is 1. The first-order valence-electron chi connectivity index (χ1n) is 9.02. The highest BCUT2D eigenvalue weighted by atomic mass is 32.2. The van der Waals surface area contributed by atoms with Gasteiger partial charge in [-0.15, -0.1) is 0 Å². The molecule has 0 spiro atoms. The fourth-order valence-electron chi connectivity index (χ4n) is 3.18. The SMILES string of the molecule is Cc1ccc(CNS(=O)(=O)c2ccc3c(c2)CN(C(=O)C(C)(C)C)CC3)o1. The summed E-state index contributed by atoms with van der Waals surface area (Å²) >= 11 is 0. The molecule has 27 heavy (non-hydrogen) atoms. The van der Waals surface area contributed by atoms with Crippen LogP contribution >= 0.6 is 0 Å². The van der Waals surface area contributed by atoms with Crippen LogP contribution in [0.4, 0.5) is 0 Å². The van der Waals surface area contributed by atoms with Crippen molar-refractivity contribution < 1.29 is 17.6 Å². The third kappa shape index (κ3) is 4.42. The van der Waals surface area contributed by atoms with Gasteiger partial charge in [0.1, 0.15) is 11.5 Å². The molecule has 0 bridgehead atoms. The molecule has 0 radical (unpaired) electrons. The van der Waals surface area contributed by atoms with Gasteiger partial charge >= 0.3 is 0 Å². The van der Waals surface area contributed by atoms with Crippen molar-refractivity contribution in [1.82, 2.24) is 9.62 Å². The van der Waals surface area contributed by atoms with Crippen LogP contribution in [-0.4, -0.2) is 25.8 Å². The summed E-state index contributed by atoms with van der Waals surface area (Å²) in [4.78, 5) is 14.6. The lowest BCUT2D eigenvalue weighted by Gasteiger charge is -2.33. The van der Waals surface area contributed by atoms with Gasteiger partial charge in [0.2, 0.25) is 15.9 Å². The third-order valence-corrected chi connectivity index (χ3v) is 6.06. The van der Waals surface area contributed by atoms with Crippen LogP contribution in [0.15, 0.2) is 39.6 Å². The summed E-state index contributed by atoms with van der Waals surface area (Å²) in [6, 6.07) is 8.69. The first kappa shape index (κ1) is 19.6. The molecule has 1 aromatic heterocycles. The number of benzene rings is 1. The van der Waals surface area contributed by atoms with Gasteiger partial charge in [0.25, 0.3) is 0 Å². The van der Waals surface area contributed by atoms with Gasteiger partial charge in [-0.2, -0.15) is 0 Å². The maximum Gasteiger partial charge on any atom is 0.240 e. The molecule has 0 atom stereocenters. The summed E-state index contributed by atoms with van der Waals surface area (Å²) < 4.78 is 33.3. The minimum Gasteiger partial charge on any atom is -0.465 e. The molecular weight excluding hydrogens is 364 g/mol. The molecule has 3 rings (SSSR count). The Hall–Kier alpha value is -2.12. The van der Waals surface area contributed by atoms with Crippen molar-refractivity contribution in [1.29, 1.82) is 0 Å². The summed E-state index contributed by atoms with van der Waals surface area (Å²) in [7, 11) is -3.66. The second-order valence-corrected chi connectivity index (χ2v) is 9.76. The number of nitrogens with one attached hydrogen (secondary N) is 1. The van der Waals surface area contributed by atoms with E-state index >= 15 is 0 Å². The Morgan fingerprint density at radius 1 is 1.19 bits per heavy atom. The Morgan fingerprint density at radius 2 is 1.93 bits per heavy atom. The Bertz CT molecular complexity index is 955. The fraction of sp³-hybridized carbons (Fsp3) is 0.450. The number of rotatable bonds is 4. The molecule has 7 heteroatoms. The van der Waals surface area contributed by atoms with Crippen molar-refractivity contribution in [3.8, 4) is 0 Å². The molecule has 146 valence electrons. The molecular formula is C20H26N2O4S. The molecule has 1 aliphatic rings. The van der Waals surface area contributed by atoms with E-state index in [1.807, 2.05) is 33.8 Å². The van der Waals surface area contributed by atoms with Gasteiger partial charge < -0.3 is 9.32 Å². The number of amides is 1. The largest absolute Gasteiger partial charge is 0.465 e. The number of furan rings is 1. The number of sulfonamides is 1. The normalized spacial score (nSPS) is 14.9. The lowest BCUT2D eigenvalue weighted by molar-refractivity contribution is -0.140. The maximum absolute atomic E-state index is 12.6. The molecule has 1 aromatic carbocycles. The molecule has 1 amide bonds. The predicted molar refractivity (Wildman–Crippen MR) is 102 cm³/mol. The summed E-state index contributed by atoms with van der Waals surface area (Å²) in [5, 5.41) is 0. The van der Waals surface area contributed by atoms with Crippen LogP contribution in [0.3, 0.4) is 0 Å². The van der Waals surface area contributed by atoms with E-state index in [1.165, 1.54) is 0 Å². The van der Waals surface area contributed by atoms with Gasteiger partial charge in [0.05, 0.1) is 11.4 Å². The van der Waals surface area contributed by atoms with E-state index in [-0.39, 0.29) is 17.3 Å². The van der Waals surface area contributed by atoms with E-state index in [0.29, 0.717) is 18.8 Å². The van der Waals surface area contributed by atoms with E-state index < -0.39 is 15.4 Å². The molecule has 0 aliphatic carbocycles. The first-order chi connectivity index (χ1) is 12.6. The quantitative estimate of drug-likeness (QED) is 0.870. The van der Waals surface area contributed by atoms with Crippen molar-refractivity contribution in [2.45, 2.75) is 52.1 Å². The van der Waals surface area contributed by atoms with Crippen molar-refractivity contribution in [3.05, 3.63) is 53.0 Å². The average Bonchev–Trinajstić information content (AvgIpc) is 3.03. The average molecular weight is 391 g/mol. The minimum absolute atomic E-state index is 0.0766. The monoisotopic (exact) mass is 390 g/mol. The van der Waals surface area contributed by atoms with Crippen LogP contribution in [0.25, 0.3) is 0 Å². The Labute approximate surface area is 160 Å². The van der Waals surface area contributed by atoms with E-state index in [9.17, 15) is 13.2 Å². The van der Waals surface area contributed by atoms with Crippen molar-refractivity contribution >= 4 is 15.9 Å². The lowest BCUT2D eigenvalue weighted by atomic mass is 9.92. The highest BCUT2D eigenvalue weighted by Gasteiger charge is 2.30. The maximum atomic E-state index is 12.6. The number of hydrogen-bond acceptors (Lipinski definition) is 4. The van der Waals surface area contributed by atoms with E-state index in [0.717, 1.165) is 23.3 Å². The van der Waals surface area contributed by atoms with Crippen molar-refractivity contribution in [2.75, 3.05) is 6.54 Å². The number of fused-ring (bicyclic) bond motifs is 1. The van der Waals surface area contributed by atoms with Crippen LogP contribution < -0.4 is 4.72 Å². The molecule has 0 saturated heterocycles. The van der Waals surface area contributed by atoms with Gasteiger partial charge in [-0.05, 0) is 48.7 Å². The number of aryl methyl sites for hydroxylation is 1. The summed E-state index contributed by atoms with van der Waals surface area (Å²) in [6.07, 6.45) is 0.733. The van der Waals surface area contributed by atoms with Crippen LogP contribution in [0.2, 0.25) is 0 Å². The van der Waals surface area contributed by atoms with Gasteiger partial charge in [-0.25, -0.2) is 13.1 Å². The Balaban J connectivity index is 1.77. The standard InChI is InChI=1S/C20H26N2O4S/c1-14-5-7-17(26-14)12-21-27(24,25)18-8-6-15-9-10-22(13-16(15)11-18)19(23)20(2,3)4/h5-8,11,21H,9-10,12-13H2,1-4H3. The Morgan fingerprint density at radius 3 is 2.56 bits per heavy atom. The van der Waals surface area contributed by atoms with E-state index in [2.05, 4.69) is 4.72 Å². The molecule has 0 fully saturated rings. The zero-order valence-corrected chi connectivity index (χ0v) is 17.0. The van der Waals surface area contributed by atoms with Crippen molar-refractivity contribution in [2.24, 2.45) is 5.41 Å². The number of hydrogen-bond donors (Lipinski definition) is 1. The summed E-state index contributed by atoms with van der Waals surface area (Å²) in [5.41, 5.74) is 1.52. The molecule has 0 saturated carbocycles. The second-order valence-electron chi connectivity index (χ2n) is 7.99. The molecule has 6 nitrogen and oxygen atoms in total. The van der Waals surface area contributed by atoms with Gasteiger partial charge in [-0.1, -0.05) is 26.8 Å². The van der Waals surface area contributed by atoms with Gasteiger partial charge in [-0.3, -0.25) is 4.79 Å². The smallest absolute Gasteiger partial charge is 0.240 e. The van der Waals surface area contributed by atoms with Crippen LogP contribution in [-0.2, 0) is 34.3 Å². The van der Waals surface area contributed by atoms with Gasteiger partial charge in [0.15, 0.2) is 0 Å². The van der Waals surface area contributed by atoms with E-state index in [1.54, 1.807) is 29.2 Å². The fourth-order valence-corrected chi connectivity index (χ4v) is 4.22. The molecule has 0 unspecified atom stereocenters. The minimum atomic E-state index is -3.66. The van der Waals surface area contributed by atoms with E-state index in [4.69, 9.17) is 4.42 Å². The first-order valence-corrected chi connectivity index (χ1v) is 10.5. The molecule has 1 N–H and O–H groups in total. The lowest BCUT2D eigenvalue weighted by Crippen LogP contribution is -2.42. The summed E-state index contributed by atoms with van der Waals surface area (Å²) in [6.45, 7) is 8.69.